The van der Waals surface area contributed by atoms with Crippen LogP contribution in [0.4, 0.5) is 0 Å². The number of methoxy groups -OCH3 is 1. The van der Waals surface area contributed by atoms with E-state index in [1.807, 2.05) is 12.1 Å². The number of ether oxygens (including phenoxy) is 3. The van der Waals surface area contributed by atoms with Crippen molar-refractivity contribution >= 4 is 11.6 Å². The van der Waals surface area contributed by atoms with E-state index < -0.39 is 0 Å². The zero-order chi connectivity index (χ0) is 14.7. The Bertz CT molecular complexity index is 485. The number of halogens is 1. The van der Waals surface area contributed by atoms with Crippen LogP contribution in [0.5, 0.6) is 11.5 Å². The average Bonchev–Trinajstić information content (AvgIpc) is 3.32. The molecule has 1 aliphatic carbocycles. The molecule has 2 fully saturated rings. The minimum atomic E-state index is 0.153. The Balaban J connectivity index is 1.71. The van der Waals surface area contributed by atoms with Crippen molar-refractivity contribution in [1.82, 2.24) is 5.32 Å². The summed E-state index contributed by atoms with van der Waals surface area (Å²) < 4.78 is 16.9. The lowest BCUT2D eigenvalue weighted by atomic mass is 10.1. The highest BCUT2D eigenvalue weighted by molar-refractivity contribution is 6.32. The van der Waals surface area contributed by atoms with Crippen LogP contribution in [0.1, 0.15) is 31.2 Å². The van der Waals surface area contributed by atoms with E-state index in [1.165, 1.54) is 12.8 Å². The van der Waals surface area contributed by atoms with Gasteiger partial charge in [0.25, 0.3) is 0 Å². The van der Waals surface area contributed by atoms with Crippen molar-refractivity contribution in [2.75, 3.05) is 20.3 Å². The second kappa shape index (κ2) is 6.86. The third-order valence-corrected chi connectivity index (χ3v) is 4.20. The maximum absolute atomic E-state index is 6.40. The summed E-state index contributed by atoms with van der Waals surface area (Å²) in [4.78, 5) is 0. The summed E-state index contributed by atoms with van der Waals surface area (Å²) in [6.45, 7) is 2.31. The van der Waals surface area contributed by atoms with Crippen LogP contribution in [-0.2, 0) is 11.3 Å². The first-order chi connectivity index (χ1) is 10.3. The molecule has 0 bridgehead atoms. The smallest absolute Gasteiger partial charge is 0.180 e. The molecule has 4 nitrogen and oxygen atoms in total. The van der Waals surface area contributed by atoms with Gasteiger partial charge in [-0.3, -0.25) is 0 Å². The molecular formula is C16H22ClNO3. The van der Waals surface area contributed by atoms with Crippen LogP contribution in [-0.4, -0.2) is 32.5 Å². The van der Waals surface area contributed by atoms with Gasteiger partial charge in [0.1, 0.15) is 6.10 Å². The normalized spacial score (nSPS) is 19.5. The van der Waals surface area contributed by atoms with E-state index >= 15 is 0 Å². The Morgan fingerprint density at radius 1 is 1.24 bits per heavy atom. The van der Waals surface area contributed by atoms with E-state index in [9.17, 15) is 0 Å². The molecule has 0 spiro atoms. The summed E-state index contributed by atoms with van der Waals surface area (Å²) in [5, 5.41) is 4.10. The minimum Gasteiger partial charge on any atom is -0.493 e. The number of rotatable bonds is 6. The molecule has 3 rings (SSSR count). The molecule has 0 amide bonds. The first kappa shape index (κ1) is 14.9. The van der Waals surface area contributed by atoms with E-state index in [0.717, 1.165) is 38.2 Å². The molecule has 21 heavy (non-hydrogen) atoms. The van der Waals surface area contributed by atoms with Crippen LogP contribution in [0, 0.1) is 0 Å². The Labute approximate surface area is 130 Å². The highest BCUT2D eigenvalue weighted by Gasteiger charge is 2.22. The largest absolute Gasteiger partial charge is 0.493 e. The quantitative estimate of drug-likeness (QED) is 0.876. The lowest BCUT2D eigenvalue weighted by Crippen LogP contribution is -2.26. The van der Waals surface area contributed by atoms with Crippen LogP contribution in [0.3, 0.4) is 0 Å². The van der Waals surface area contributed by atoms with Gasteiger partial charge in [-0.1, -0.05) is 11.6 Å². The van der Waals surface area contributed by atoms with Crippen molar-refractivity contribution in [3.63, 3.8) is 0 Å². The number of hydrogen-bond acceptors (Lipinski definition) is 4. The zero-order valence-electron chi connectivity index (χ0n) is 12.4. The average molecular weight is 312 g/mol. The molecule has 5 heteroatoms. The van der Waals surface area contributed by atoms with E-state index in [2.05, 4.69) is 5.32 Å². The van der Waals surface area contributed by atoms with Crippen molar-refractivity contribution in [1.29, 1.82) is 0 Å². The van der Waals surface area contributed by atoms with Crippen molar-refractivity contribution in [3.05, 3.63) is 22.7 Å². The molecule has 0 atom stereocenters. The molecule has 0 unspecified atom stereocenters. The van der Waals surface area contributed by atoms with Gasteiger partial charge < -0.3 is 19.5 Å². The summed E-state index contributed by atoms with van der Waals surface area (Å²) in [5.41, 5.74) is 1.13. The Hall–Kier alpha value is -0.970. The van der Waals surface area contributed by atoms with Crippen LogP contribution in [0.15, 0.2) is 12.1 Å². The molecule has 116 valence electrons. The third kappa shape index (κ3) is 4.02. The first-order valence-corrected chi connectivity index (χ1v) is 7.98. The van der Waals surface area contributed by atoms with Crippen molar-refractivity contribution in [2.45, 2.75) is 44.4 Å². The van der Waals surface area contributed by atoms with Crippen molar-refractivity contribution < 1.29 is 14.2 Å². The van der Waals surface area contributed by atoms with Gasteiger partial charge in [-0.25, -0.2) is 0 Å². The Morgan fingerprint density at radius 2 is 2.00 bits per heavy atom. The van der Waals surface area contributed by atoms with Crippen molar-refractivity contribution in [2.24, 2.45) is 0 Å². The fraction of sp³-hybridized carbons (Fsp3) is 0.625. The topological polar surface area (TPSA) is 39.7 Å². The zero-order valence-corrected chi connectivity index (χ0v) is 13.1. The minimum absolute atomic E-state index is 0.153. The first-order valence-electron chi connectivity index (χ1n) is 7.60. The second-order valence-electron chi connectivity index (χ2n) is 5.69. The van der Waals surface area contributed by atoms with Crippen LogP contribution >= 0.6 is 11.6 Å². The molecule has 1 N–H and O–H groups in total. The predicted octanol–water partition coefficient (Wildman–Crippen LogP) is 3.16. The van der Waals surface area contributed by atoms with Crippen LogP contribution < -0.4 is 14.8 Å². The van der Waals surface area contributed by atoms with Gasteiger partial charge in [0.15, 0.2) is 11.5 Å². The number of nitrogens with one attached hydrogen (secondary N) is 1. The van der Waals surface area contributed by atoms with Gasteiger partial charge >= 0.3 is 0 Å². The van der Waals surface area contributed by atoms with Gasteiger partial charge in [0.05, 0.1) is 25.3 Å². The predicted molar refractivity (Wildman–Crippen MR) is 82.3 cm³/mol. The molecular weight excluding hydrogens is 290 g/mol. The van der Waals surface area contributed by atoms with Gasteiger partial charge in [-0.15, -0.1) is 0 Å². The molecule has 1 aromatic rings. The highest BCUT2D eigenvalue weighted by Crippen LogP contribution is 2.38. The highest BCUT2D eigenvalue weighted by atomic mass is 35.5. The third-order valence-electron chi connectivity index (χ3n) is 3.91. The van der Waals surface area contributed by atoms with Crippen LogP contribution in [0.2, 0.25) is 5.02 Å². The van der Waals surface area contributed by atoms with Crippen LogP contribution in [0.25, 0.3) is 0 Å². The number of benzene rings is 1. The van der Waals surface area contributed by atoms with E-state index in [4.69, 9.17) is 25.8 Å². The Kier molecular flexibility index (Phi) is 4.88. The Morgan fingerprint density at radius 3 is 2.67 bits per heavy atom. The maximum Gasteiger partial charge on any atom is 0.180 e. The van der Waals surface area contributed by atoms with Gasteiger partial charge in [-0.05, 0) is 30.5 Å². The maximum atomic E-state index is 6.40. The molecule has 2 aliphatic rings. The molecule has 0 radical (unpaired) electrons. The van der Waals surface area contributed by atoms with E-state index in [-0.39, 0.29) is 6.10 Å². The summed E-state index contributed by atoms with van der Waals surface area (Å²) in [6, 6.07) is 4.65. The van der Waals surface area contributed by atoms with E-state index in [0.29, 0.717) is 22.6 Å². The molecule has 1 saturated heterocycles. The molecule has 1 aliphatic heterocycles. The van der Waals surface area contributed by atoms with Gasteiger partial charge in [0.2, 0.25) is 0 Å². The molecule has 0 aromatic heterocycles. The molecule has 1 aromatic carbocycles. The lowest BCUT2D eigenvalue weighted by molar-refractivity contribution is 0.0246. The molecule has 1 heterocycles. The lowest BCUT2D eigenvalue weighted by Gasteiger charge is -2.25. The van der Waals surface area contributed by atoms with Crippen molar-refractivity contribution in [3.8, 4) is 11.5 Å². The standard InChI is InChI=1S/C16H22ClNO3/c1-19-15-9-11(10-18-12-2-3-12)8-14(17)16(15)21-13-4-6-20-7-5-13/h8-9,12-13,18H,2-7,10H2,1H3. The summed E-state index contributed by atoms with van der Waals surface area (Å²) in [7, 11) is 1.65. The van der Waals surface area contributed by atoms with Gasteiger partial charge in [-0.2, -0.15) is 0 Å². The summed E-state index contributed by atoms with van der Waals surface area (Å²) in [5.74, 6) is 1.36. The summed E-state index contributed by atoms with van der Waals surface area (Å²) in [6.07, 6.45) is 4.49. The number of hydrogen-bond donors (Lipinski definition) is 1. The monoisotopic (exact) mass is 311 g/mol. The SMILES string of the molecule is COc1cc(CNC2CC2)cc(Cl)c1OC1CCOCC1. The van der Waals surface area contributed by atoms with Gasteiger partial charge in [0, 0.05) is 25.4 Å². The second-order valence-corrected chi connectivity index (χ2v) is 6.10. The summed E-state index contributed by atoms with van der Waals surface area (Å²) >= 11 is 6.40. The molecule has 1 saturated carbocycles. The van der Waals surface area contributed by atoms with E-state index in [1.54, 1.807) is 7.11 Å². The fourth-order valence-corrected chi connectivity index (χ4v) is 2.78. The fourth-order valence-electron chi connectivity index (χ4n) is 2.50.